The number of hydrogen-bond donors (Lipinski definition) is 0. The van der Waals surface area contributed by atoms with Crippen molar-refractivity contribution in [2.75, 3.05) is 13.2 Å². The molecule has 0 fully saturated rings. The van der Waals surface area contributed by atoms with Gasteiger partial charge in [-0.25, -0.2) is 4.68 Å². The van der Waals surface area contributed by atoms with Crippen molar-refractivity contribution < 1.29 is 9.47 Å². The van der Waals surface area contributed by atoms with Crippen LogP contribution in [0.3, 0.4) is 0 Å². The first-order valence-corrected chi connectivity index (χ1v) is 9.76. The Labute approximate surface area is 173 Å². The van der Waals surface area contributed by atoms with Gasteiger partial charge in [0, 0.05) is 10.0 Å². The maximum Gasteiger partial charge on any atom is 0.141 e. The van der Waals surface area contributed by atoms with Crippen molar-refractivity contribution in [1.82, 2.24) is 14.9 Å². The van der Waals surface area contributed by atoms with Gasteiger partial charge < -0.3 is 9.47 Å². The molecule has 0 aliphatic rings. The predicted octanol–water partition coefficient (Wildman–Crippen LogP) is 4.68. The molecule has 0 spiro atoms. The summed E-state index contributed by atoms with van der Waals surface area (Å²) < 4.78 is 14.1. The van der Waals surface area contributed by atoms with Crippen LogP contribution in [0.2, 0.25) is 0 Å². The molecule has 0 unspecified atom stereocenters. The molecule has 0 N–H and O–H groups in total. The zero-order valence-corrected chi connectivity index (χ0v) is 17.8. The van der Waals surface area contributed by atoms with Crippen molar-refractivity contribution in [2.45, 2.75) is 26.2 Å². The van der Waals surface area contributed by atoms with Crippen LogP contribution in [-0.4, -0.2) is 34.3 Å². The Morgan fingerprint density at radius 3 is 2.36 bits per heavy atom. The normalized spacial score (nSPS) is 11.7. The van der Waals surface area contributed by atoms with Crippen LogP contribution in [0.5, 0.6) is 11.5 Å². The SMILES string of the molecule is CC(C)(C)c1ccc(OCCOc2ccc(Br)cc2C=Nn2cnnc2)cc1. The number of benzene rings is 2. The molecule has 7 heteroatoms. The zero-order valence-electron chi connectivity index (χ0n) is 16.2. The van der Waals surface area contributed by atoms with Crippen molar-refractivity contribution in [2.24, 2.45) is 5.10 Å². The maximum absolute atomic E-state index is 5.88. The van der Waals surface area contributed by atoms with E-state index in [-0.39, 0.29) is 5.41 Å². The van der Waals surface area contributed by atoms with Gasteiger partial charge in [0.1, 0.15) is 37.4 Å². The summed E-state index contributed by atoms with van der Waals surface area (Å²) in [5.74, 6) is 1.56. The largest absolute Gasteiger partial charge is 0.490 e. The molecule has 0 saturated carbocycles. The summed E-state index contributed by atoms with van der Waals surface area (Å²) >= 11 is 3.47. The number of ether oxygens (including phenoxy) is 2. The number of hydrogen-bond acceptors (Lipinski definition) is 5. The molecule has 1 aromatic heterocycles. The fraction of sp³-hybridized carbons (Fsp3) is 0.286. The van der Waals surface area contributed by atoms with Crippen LogP contribution < -0.4 is 9.47 Å². The first kappa shape index (κ1) is 20.1. The number of rotatable bonds is 7. The minimum atomic E-state index is 0.133. The summed E-state index contributed by atoms with van der Waals surface area (Å²) in [5.41, 5.74) is 2.26. The Balaban J connectivity index is 1.56. The molecule has 0 bridgehead atoms. The van der Waals surface area contributed by atoms with Crippen LogP contribution >= 0.6 is 15.9 Å². The molecule has 6 nitrogen and oxygen atoms in total. The third-order valence-corrected chi connectivity index (χ3v) is 4.53. The van der Waals surface area contributed by atoms with E-state index in [1.54, 1.807) is 6.21 Å². The van der Waals surface area contributed by atoms with Crippen molar-refractivity contribution >= 4 is 22.1 Å². The molecule has 146 valence electrons. The summed E-state index contributed by atoms with van der Waals surface area (Å²) in [6.45, 7) is 7.46. The van der Waals surface area contributed by atoms with Gasteiger partial charge in [0.25, 0.3) is 0 Å². The lowest BCUT2D eigenvalue weighted by Crippen LogP contribution is -2.12. The summed E-state index contributed by atoms with van der Waals surface area (Å²) in [6, 6.07) is 14.0. The molecule has 2 aromatic carbocycles. The van der Waals surface area contributed by atoms with Gasteiger partial charge in [-0.1, -0.05) is 48.8 Å². The van der Waals surface area contributed by atoms with Crippen LogP contribution in [0.15, 0.2) is 64.7 Å². The van der Waals surface area contributed by atoms with Crippen molar-refractivity contribution in [3.8, 4) is 11.5 Å². The number of aromatic nitrogens is 3. The fourth-order valence-corrected chi connectivity index (χ4v) is 2.88. The second kappa shape index (κ2) is 9.01. The van der Waals surface area contributed by atoms with Crippen molar-refractivity contribution in [3.05, 3.63) is 70.7 Å². The lowest BCUT2D eigenvalue weighted by atomic mass is 9.87. The van der Waals surface area contributed by atoms with Gasteiger partial charge in [0.05, 0.1) is 6.21 Å². The minimum absolute atomic E-state index is 0.133. The first-order chi connectivity index (χ1) is 13.4. The Morgan fingerprint density at radius 1 is 1.00 bits per heavy atom. The van der Waals surface area contributed by atoms with E-state index in [4.69, 9.17) is 9.47 Å². The third kappa shape index (κ3) is 5.66. The minimum Gasteiger partial charge on any atom is -0.490 e. The van der Waals surface area contributed by atoms with Gasteiger partial charge in [0.2, 0.25) is 0 Å². The van der Waals surface area contributed by atoms with Crippen molar-refractivity contribution in [3.63, 3.8) is 0 Å². The highest BCUT2D eigenvalue weighted by Crippen LogP contribution is 2.24. The van der Waals surface area contributed by atoms with Crippen LogP contribution in [0, 0.1) is 0 Å². The molecule has 3 aromatic rings. The highest BCUT2D eigenvalue weighted by atomic mass is 79.9. The van der Waals surface area contributed by atoms with E-state index in [2.05, 4.69) is 64.1 Å². The Hall–Kier alpha value is -2.67. The molecule has 0 saturated heterocycles. The summed E-state index contributed by atoms with van der Waals surface area (Å²) in [5, 5.41) is 11.7. The quantitative estimate of drug-likeness (QED) is 0.393. The van der Waals surface area contributed by atoms with E-state index in [9.17, 15) is 0 Å². The van der Waals surface area contributed by atoms with Crippen molar-refractivity contribution in [1.29, 1.82) is 0 Å². The van der Waals surface area contributed by atoms with Gasteiger partial charge in [-0.2, -0.15) is 5.10 Å². The topological polar surface area (TPSA) is 61.5 Å². The average Bonchev–Trinajstić information content (AvgIpc) is 3.18. The van der Waals surface area contributed by atoms with E-state index < -0.39 is 0 Å². The molecule has 0 atom stereocenters. The van der Waals surface area contributed by atoms with E-state index in [1.165, 1.54) is 22.9 Å². The predicted molar refractivity (Wildman–Crippen MR) is 113 cm³/mol. The zero-order chi connectivity index (χ0) is 20.0. The molecule has 0 aliphatic carbocycles. The Kier molecular flexibility index (Phi) is 6.46. The molecule has 0 aliphatic heterocycles. The van der Waals surface area contributed by atoms with Crippen LogP contribution in [0.4, 0.5) is 0 Å². The van der Waals surface area contributed by atoms with Crippen LogP contribution in [0.1, 0.15) is 31.9 Å². The lowest BCUT2D eigenvalue weighted by molar-refractivity contribution is 0.217. The second-order valence-corrected chi connectivity index (χ2v) is 8.16. The Bertz CT molecular complexity index is 917. The maximum atomic E-state index is 5.88. The van der Waals surface area contributed by atoms with E-state index in [0.717, 1.165) is 21.5 Å². The standard InChI is InChI=1S/C21H23BrN4O2/c1-21(2,3)17-4-7-19(8-5-17)27-10-11-28-20-9-6-18(22)12-16(20)13-25-26-14-23-24-15-26/h4-9,12-15H,10-11H2,1-3H3. The van der Waals surface area contributed by atoms with E-state index in [1.807, 2.05) is 30.3 Å². The van der Waals surface area contributed by atoms with Gasteiger partial charge in [-0.05, 0) is 41.3 Å². The summed E-state index contributed by atoms with van der Waals surface area (Å²) in [6.07, 6.45) is 4.75. The number of nitrogens with zero attached hydrogens (tertiary/aromatic N) is 4. The number of halogens is 1. The average molecular weight is 443 g/mol. The molecule has 0 radical (unpaired) electrons. The molecular formula is C21H23BrN4O2. The van der Waals surface area contributed by atoms with Gasteiger partial charge >= 0.3 is 0 Å². The van der Waals surface area contributed by atoms with E-state index in [0.29, 0.717) is 13.2 Å². The van der Waals surface area contributed by atoms with Crippen LogP contribution in [-0.2, 0) is 5.41 Å². The molecular weight excluding hydrogens is 420 g/mol. The van der Waals surface area contributed by atoms with E-state index >= 15 is 0 Å². The van der Waals surface area contributed by atoms with Gasteiger partial charge in [0.15, 0.2) is 0 Å². The van der Waals surface area contributed by atoms with Gasteiger partial charge in [-0.15, -0.1) is 10.2 Å². The molecule has 0 amide bonds. The highest BCUT2D eigenvalue weighted by molar-refractivity contribution is 9.10. The first-order valence-electron chi connectivity index (χ1n) is 8.96. The second-order valence-electron chi connectivity index (χ2n) is 7.24. The third-order valence-electron chi connectivity index (χ3n) is 4.04. The molecule has 3 rings (SSSR count). The fourth-order valence-electron chi connectivity index (χ4n) is 2.50. The highest BCUT2D eigenvalue weighted by Gasteiger charge is 2.13. The summed E-state index contributed by atoms with van der Waals surface area (Å²) in [4.78, 5) is 0. The van der Waals surface area contributed by atoms with Crippen LogP contribution in [0.25, 0.3) is 0 Å². The lowest BCUT2D eigenvalue weighted by Gasteiger charge is -2.19. The molecule has 28 heavy (non-hydrogen) atoms. The Morgan fingerprint density at radius 2 is 1.68 bits per heavy atom. The molecule has 1 heterocycles. The monoisotopic (exact) mass is 442 g/mol. The summed E-state index contributed by atoms with van der Waals surface area (Å²) in [7, 11) is 0. The van der Waals surface area contributed by atoms with Gasteiger partial charge in [-0.3, -0.25) is 0 Å². The smallest absolute Gasteiger partial charge is 0.141 e.